The number of allylic oxidation sites excluding steroid dienone is 2. The van der Waals surface area contributed by atoms with Crippen molar-refractivity contribution in [1.82, 2.24) is 0 Å². The van der Waals surface area contributed by atoms with Gasteiger partial charge in [0.15, 0.2) is 0 Å². The molecule has 1 heteroatoms. The van der Waals surface area contributed by atoms with Gasteiger partial charge in [0.05, 0.1) is 0 Å². The van der Waals surface area contributed by atoms with Crippen molar-refractivity contribution in [3.8, 4) is 0 Å². The summed E-state index contributed by atoms with van der Waals surface area (Å²) in [6.07, 6.45) is 3.40. The van der Waals surface area contributed by atoms with Crippen LogP contribution in [0.1, 0.15) is 34.1 Å². The Bertz CT molecular complexity index is 285. The highest BCUT2D eigenvalue weighted by Gasteiger charge is 2.57. The molecule has 0 aliphatic heterocycles. The minimum absolute atomic E-state index is 0.0472. The van der Waals surface area contributed by atoms with Gasteiger partial charge in [-0.1, -0.05) is 32.4 Å². The summed E-state index contributed by atoms with van der Waals surface area (Å²) in [4.78, 5) is 11.8. The van der Waals surface area contributed by atoms with Crippen LogP contribution in [0.5, 0.6) is 0 Å². The van der Waals surface area contributed by atoms with Crippen LogP contribution in [0.25, 0.3) is 0 Å². The Morgan fingerprint density at radius 1 is 1.46 bits per heavy atom. The summed E-state index contributed by atoms with van der Waals surface area (Å²) in [5, 5.41) is 0. The SMILES string of the molecule is CC1=C[C@@H](C)[C@@H]2C(=O)C(C)(C)[C@@H]2C1. The van der Waals surface area contributed by atoms with E-state index in [1.807, 2.05) is 0 Å². The lowest BCUT2D eigenvalue weighted by atomic mass is 9.48. The number of carbonyl (C=O) groups is 1. The fourth-order valence-corrected chi connectivity index (χ4v) is 3.10. The van der Waals surface area contributed by atoms with Gasteiger partial charge in [0, 0.05) is 11.3 Å². The van der Waals surface area contributed by atoms with Gasteiger partial charge in [-0.25, -0.2) is 0 Å². The standard InChI is InChI=1S/C12H18O/c1-7-5-8(2)10-9(6-7)12(3,4)11(10)13/h5,8-10H,6H2,1-4H3/t8-,9-,10+/m1/s1. The number of Topliss-reactive ketones (excluding diaryl/α,β-unsaturated/α-hetero) is 1. The van der Waals surface area contributed by atoms with Crippen molar-refractivity contribution in [3.05, 3.63) is 11.6 Å². The van der Waals surface area contributed by atoms with Crippen molar-refractivity contribution < 1.29 is 4.79 Å². The van der Waals surface area contributed by atoms with E-state index in [0.717, 1.165) is 6.42 Å². The Kier molecular flexibility index (Phi) is 1.70. The third kappa shape index (κ3) is 1.02. The molecular weight excluding hydrogens is 160 g/mol. The van der Waals surface area contributed by atoms with E-state index >= 15 is 0 Å². The number of rotatable bonds is 0. The molecule has 0 aromatic carbocycles. The molecule has 1 nitrogen and oxygen atoms in total. The zero-order valence-electron chi connectivity index (χ0n) is 8.92. The summed E-state index contributed by atoms with van der Waals surface area (Å²) in [6, 6.07) is 0. The van der Waals surface area contributed by atoms with Crippen LogP contribution in [0.4, 0.5) is 0 Å². The molecule has 2 aliphatic rings. The third-order valence-corrected chi connectivity index (χ3v) is 3.95. The second-order valence-electron chi connectivity index (χ2n) is 5.29. The normalized spacial score (nSPS) is 42.0. The number of carbonyl (C=O) groups excluding carboxylic acids is 1. The van der Waals surface area contributed by atoms with Crippen molar-refractivity contribution in [1.29, 1.82) is 0 Å². The summed E-state index contributed by atoms with van der Waals surface area (Å²) < 4.78 is 0. The van der Waals surface area contributed by atoms with Crippen molar-refractivity contribution in [3.63, 3.8) is 0 Å². The van der Waals surface area contributed by atoms with Gasteiger partial charge in [-0.3, -0.25) is 4.79 Å². The van der Waals surface area contributed by atoms with Crippen LogP contribution < -0.4 is 0 Å². The molecule has 0 N–H and O–H groups in total. The van der Waals surface area contributed by atoms with E-state index in [1.54, 1.807) is 0 Å². The average Bonchev–Trinajstić information content (AvgIpc) is 2.03. The first-order chi connectivity index (χ1) is 5.94. The van der Waals surface area contributed by atoms with Crippen molar-refractivity contribution in [2.75, 3.05) is 0 Å². The van der Waals surface area contributed by atoms with Crippen molar-refractivity contribution in [2.24, 2.45) is 23.2 Å². The lowest BCUT2D eigenvalue weighted by Gasteiger charge is -2.54. The molecule has 0 bridgehead atoms. The summed E-state index contributed by atoms with van der Waals surface area (Å²) in [5.41, 5.74) is 1.42. The van der Waals surface area contributed by atoms with E-state index in [2.05, 4.69) is 33.8 Å². The Morgan fingerprint density at radius 2 is 2.08 bits per heavy atom. The molecule has 1 saturated carbocycles. The predicted molar refractivity (Wildman–Crippen MR) is 53.3 cm³/mol. The van der Waals surface area contributed by atoms with E-state index in [4.69, 9.17) is 0 Å². The number of fused-ring (bicyclic) bond motifs is 1. The molecule has 1 fully saturated rings. The Balaban J connectivity index is 2.30. The van der Waals surface area contributed by atoms with Crippen LogP contribution in [-0.4, -0.2) is 5.78 Å². The summed E-state index contributed by atoms with van der Waals surface area (Å²) in [7, 11) is 0. The second kappa shape index (κ2) is 2.46. The van der Waals surface area contributed by atoms with E-state index in [9.17, 15) is 4.79 Å². The molecule has 0 aromatic rings. The molecule has 0 saturated heterocycles. The van der Waals surface area contributed by atoms with Crippen molar-refractivity contribution >= 4 is 5.78 Å². The minimum Gasteiger partial charge on any atom is -0.299 e. The van der Waals surface area contributed by atoms with Gasteiger partial charge in [0.1, 0.15) is 5.78 Å². The maximum absolute atomic E-state index is 11.8. The Labute approximate surface area is 80.2 Å². The quantitative estimate of drug-likeness (QED) is 0.521. The molecule has 3 atom stereocenters. The van der Waals surface area contributed by atoms with Gasteiger partial charge in [0.25, 0.3) is 0 Å². The van der Waals surface area contributed by atoms with Crippen LogP contribution >= 0.6 is 0 Å². The maximum Gasteiger partial charge on any atom is 0.142 e. The van der Waals surface area contributed by atoms with Gasteiger partial charge >= 0.3 is 0 Å². The van der Waals surface area contributed by atoms with Crippen molar-refractivity contribution in [2.45, 2.75) is 34.1 Å². The fraction of sp³-hybridized carbons (Fsp3) is 0.750. The summed E-state index contributed by atoms with van der Waals surface area (Å²) in [6.45, 7) is 8.56. The smallest absolute Gasteiger partial charge is 0.142 e. The lowest BCUT2D eigenvalue weighted by Crippen LogP contribution is -2.57. The van der Waals surface area contributed by atoms with E-state index in [-0.39, 0.29) is 5.41 Å². The minimum atomic E-state index is -0.0472. The predicted octanol–water partition coefficient (Wildman–Crippen LogP) is 2.81. The Hall–Kier alpha value is -0.590. The zero-order valence-corrected chi connectivity index (χ0v) is 8.92. The molecule has 0 radical (unpaired) electrons. The summed E-state index contributed by atoms with van der Waals surface area (Å²) >= 11 is 0. The first-order valence-electron chi connectivity index (χ1n) is 5.16. The van der Waals surface area contributed by atoms with Crippen LogP contribution in [0.2, 0.25) is 0 Å². The highest BCUT2D eigenvalue weighted by Crippen LogP contribution is 2.55. The molecular formula is C12H18O. The van der Waals surface area contributed by atoms with Crippen LogP contribution in [0.15, 0.2) is 11.6 Å². The number of hydrogen-bond donors (Lipinski definition) is 0. The molecule has 0 unspecified atom stereocenters. The molecule has 13 heavy (non-hydrogen) atoms. The first-order valence-corrected chi connectivity index (χ1v) is 5.16. The fourth-order valence-electron chi connectivity index (χ4n) is 3.10. The average molecular weight is 178 g/mol. The monoisotopic (exact) mass is 178 g/mol. The molecule has 72 valence electrons. The molecule has 2 aliphatic carbocycles. The zero-order chi connectivity index (χ0) is 9.80. The number of ketones is 1. The topological polar surface area (TPSA) is 17.1 Å². The second-order valence-corrected chi connectivity index (χ2v) is 5.29. The largest absolute Gasteiger partial charge is 0.299 e. The number of hydrogen-bond acceptors (Lipinski definition) is 1. The highest BCUT2D eigenvalue weighted by atomic mass is 16.1. The van der Waals surface area contributed by atoms with E-state index < -0.39 is 0 Å². The Morgan fingerprint density at radius 3 is 2.69 bits per heavy atom. The lowest BCUT2D eigenvalue weighted by molar-refractivity contribution is -0.156. The first kappa shape index (κ1) is 8.98. The highest BCUT2D eigenvalue weighted by molar-refractivity contribution is 5.94. The van der Waals surface area contributed by atoms with Crippen LogP contribution in [-0.2, 0) is 4.79 Å². The summed E-state index contributed by atoms with van der Waals surface area (Å²) in [5.74, 6) is 1.90. The van der Waals surface area contributed by atoms with Gasteiger partial charge in [0.2, 0.25) is 0 Å². The molecule has 0 spiro atoms. The third-order valence-electron chi connectivity index (χ3n) is 3.95. The van der Waals surface area contributed by atoms with E-state index in [1.165, 1.54) is 5.57 Å². The van der Waals surface area contributed by atoms with Gasteiger partial charge in [-0.05, 0) is 25.2 Å². The molecule has 0 heterocycles. The van der Waals surface area contributed by atoms with Gasteiger partial charge in [-0.15, -0.1) is 0 Å². The van der Waals surface area contributed by atoms with Gasteiger partial charge in [-0.2, -0.15) is 0 Å². The molecule has 0 aromatic heterocycles. The molecule has 0 amide bonds. The van der Waals surface area contributed by atoms with Crippen LogP contribution in [0.3, 0.4) is 0 Å². The van der Waals surface area contributed by atoms with Gasteiger partial charge < -0.3 is 0 Å². The van der Waals surface area contributed by atoms with Crippen LogP contribution in [0, 0.1) is 23.2 Å². The van der Waals surface area contributed by atoms with E-state index in [0.29, 0.717) is 23.5 Å². The molecule has 2 rings (SSSR count). The maximum atomic E-state index is 11.8.